The molecule has 19 heavy (non-hydrogen) atoms. The molecule has 1 rings (SSSR count). The molecule has 0 amide bonds. The zero-order valence-electron chi connectivity index (χ0n) is 13.3. The maximum Gasteiger partial charge on any atom is 0.119 e. The molecule has 108 valence electrons. The maximum atomic E-state index is 5.74. The second kappa shape index (κ2) is 8.24. The smallest absolute Gasteiger partial charge is 0.119 e. The van der Waals surface area contributed by atoms with Crippen molar-refractivity contribution < 1.29 is 4.74 Å². The maximum absolute atomic E-state index is 5.74. The first-order valence-electron chi connectivity index (χ1n) is 7.69. The van der Waals surface area contributed by atoms with Gasteiger partial charge in [-0.25, -0.2) is 0 Å². The van der Waals surface area contributed by atoms with E-state index < -0.39 is 0 Å². The molecule has 0 aromatic heterocycles. The molecular weight excluding hydrogens is 232 g/mol. The van der Waals surface area contributed by atoms with Crippen LogP contribution in [0.2, 0.25) is 0 Å². The molecule has 0 radical (unpaired) electrons. The van der Waals surface area contributed by atoms with Gasteiger partial charge >= 0.3 is 0 Å². The molecular formula is C18H30O. The standard InChI is InChI=1S/C18H30O/c1-14(2)10-11-19-18-8-6-17(7-9-18)13-16(5)12-15(3)4/h6-9,14-16H,10-13H2,1-5H3/t16-/m1/s1. The minimum Gasteiger partial charge on any atom is -0.494 e. The quantitative estimate of drug-likeness (QED) is 0.614. The molecule has 0 aliphatic heterocycles. The van der Waals surface area contributed by atoms with Gasteiger partial charge in [-0.1, -0.05) is 46.8 Å². The summed E-state index contributed by atoms with van der Waals surface area (Å²) in [4.78, 5) is 0. The zero-order chi connectivity index (χ0) is 14.3. The van der Waals surface area contributed by atoms with E-state index in [1.54, 1.807) is 0 Å². The van der Waals surface area contributed by atoms with E-state index in [0.717, 1.165) is 30.6 Å². The van der Waals surface area contributed by atoms with Crippen LogP contribution in [0.4, 0.5) is 0 Å². The molecule has 1 atom stereocenters. The largest absolute Gasteiger partial charge is 0.494 e. The molecule has 0 fully saturated rings. The van der Waals surface area contributed by atoms with E-state index in [2.05, 4.69) is 58.9 Å². The molecule has 0 spiro atoms. The molecule has 0 N–H and O–H groups in total. The summed E-state index contributed by atoms with van der Waals surface area (Å²) in [7, 11) is 0. The normalized spacial score (nSPS) is 13.0. The summed E-state index contributed by atoms with van der Waals surface area (Å²) in [6.07, 6.45) is 3.59. The molecule has 0 heterocycles. The number of benzene rings is 1. The van der Waals surface area contributed by atoms with Crippen molar-refractivity contribution in [1.29, 1.82) is 0 Å². The van der Waals surface area contributed by atoms with Crippen LogP contribution in [-0.4, -0.2) is 6.61 Å². The summed E-state index contributed by atoms with van der Waals surface area (Å²) in [5.41, 5.74) is 1.42. The van der Waals surface area contributed by atoms with E-state index >= 15 is 0 Å². The fourth-order valence-corrected chi connectivity index (χ4v) is 2.42. The van der Waals surface area contributed by atoms with Crippen LogP contribution in [0.5, 0.6) is 5.75 Å². The number of rotatable bonds is 8. The van der Waals surface area contributed by atoms with Crippen molar-refractivity contribution in [2.24, 2.45) is 17.8 Å². The van der Waals surface area contributed by atoms with Crippen molar-refractivity contribution in [3.05, 3.63) is 29.8 Å². The SMILES string of the molecule is CC(C)CCOc1ccc(C[C@H](C)CC(C)C)cc1. The lowest BCUT2D eigenvalue weighted by Gasteiger charge is -2.14. The van der Waals surface area contributed by atoms with Crippen LogP contribution >= 0.6 is 0 Å². The average Bonchev–Trinajstić information content (AvgIpc) is 2.29. The molecule has 1 heteroatoms. The average molecular weight is 262 g/mol. The Bertz CT molecular complexity index is 337. The number of hydrogen-bond acceptors (Lipinski definition) is 1. The van der Waals surface area contributed by atoms with Gasteiger partial charge in [-0.05, 0) is 54.7 Å². The first-order chi connectivity index (χ1) is 8.97. The number of hydrogen-bond donors (Lipinski definition) is 0. The van der Waals surface area contributed by atoms with Crippen molar-refractivity contribution in [1.82, 2.24) is 0 Å². The summed E-state index contributed by atoms with van der Waals surface area (Å²) in [5, 5.41) is 0. The highest BCUT2D eigenvalue weighted by atomic mass is 16.5. The first kappa shape index (κ1) is 16.1. The van der Waals surface area contributed by atoms with Crippen LogP contribution in [0.15, 0.2) is 24.3 Å². The van der Waals surface area contributed by atoms with Gasteiger partial charge in [0.2, 0.25) is 0 Å². The lowest BCUT2D eigenvalue weighted by Crippen LogP contribution is -2.04. The summed E-state index contributed by atoms with van der Waals surface area (Å²) in [5.74, 6) is 3.25. The van der Waals surface area contributed by atoms with Gasteiger partial charge < -0.3 is 4.74 Å². The minimum absolute atomic E-state index is 0.705. The first-order valence-corrected chi connectivity index (χ1v) is 7.69. The third-order valence-corrected chi connectivity index (χ3v) is 3.35. The van der Waals surface area contributed by atoms with Gasteiger partial charge in [-0.3, -0.25) is 0 Å². The van der Waals surface area contributed by atoms with E-state index in [9.17, 15) is 0 Å². The van der Waals surface area contributed by atoms with E-state index in [-0.39, 0.29) is 0 Å². The Morgan fingerprint density at radius 1 is 0.895 bits per heavy atom. The monoisotopic (exact) mass is 262 g/mol. The van der Waals surface area contributed by atoms with Crippen molar-refractivity contribution in [2.45, 2.75) is 53.9 Å². The third kappa shape index (κ3) is 7.25. The Balaban J connectivity index is 2.38. The summed E-state index contributed by atoms with van der Waals surface area (Å²) < 4.78 is 5.74. The molecule has 0 bridgehead atoms. The highest BCUT2D eigenvalue weighted by molar-refractivity contribution is 5.27. The van der Waals surface area contributed by atoms with Crippen LogP contribution in [0.25, 0.3) is 0 Å². The molecule has 1 aromatic carbocycles. The second-order valence-corrected chi connectivity index (χ2v) is 6.61. The molecule has 1 aromatic rings. The van der Waals surface area contributed by atoms with E-state index in [1.165, 1.54) is 18.4 Å². The van der Waals surface area contributed by atoms with Crippen molar-refractivity contribution in [2.75, 3.05) is 6.61 Å². The molecule has 0 aliphatic carbocycles. The summed E-state index contributed by atoms with van der Waals surface area (Å²) >= 11 is 0. The van der Waals surface area contributed by atoms with Gasteiger partial charge in [0.25, 0.3) is 0 Å². The topological polar surface area (TPSA) is 9.23 Å². The fraction of sp³-hybridized carbons (Fsp3) is 0.667. The van der Waals surface area contributed by atoms with Crippen molar-refractivity contribution in [3.63, 3.8) is 0 Å². The molecule has 1 nitrogen and oxygen atoms in total. The van der Waals surface area contributed by atoms with Crippen LogP contribution in [0.3, 0.4) is 0 Å². The van der Waals surface area contributed by atoms with Crippen LogP contribution in [0, 0.1) is 17.8 Å². The molecule has 0 aliphatic rings. The van der Waals surface area contributed by atoms with Gasteiger partial charge in [-0.15, -0.1) is 0 Å². The Morgan fingerprint density at radius 2 is 1.53 bits per heavy atom. The van der Waals surface area contributed by atoms with Gasteiger partial charge in [-0.2, -0.15) is 0 Å². The second-order valence-electron chi connectivity index (χ2n) is 6.61. The molecule has 0 saturated heterocycles. The fourth-order valence-electron chi connectivity index (χ4n) is 2.42. The molecule has 0 unspecified atom stereocenters. The van der Waals surface area contributed by atoms with Crippen LogP contribution in [-0.2, 0) is 6.42 Å². The third-order valence-electron chi connectivity index (χ3n) is 3.35. The number of ether oxygens (including phenoxy) is 1. The lowest BCUT2D eigenvalue weighted by molar-refractivity contribution is 0.289. The highest BCUT2D eigenvalue weighted by Gasteiger charge is 2.06. The molecule has 0 saturated carbocycles. The predicted molar refractivity (Wildman–Crippen MR) is 83.7 cm³/mol. The van der Waals surface area contributed by atoms with Crippen LogP contribution in [0.1, 0.15) is 53.0 Å². The van der Waals surface area contributed by atoms with Gasteiger partial charge in [0.15, 0.2) is 0 Å². The predicted octanol–water partition coefficient (Wildman–Crippen LogP) is 5.34. The van der Waals surface area contributed by atoms with E-state index in [0.29, 0.717) is 5.92 Å². The van der Waals surface area contributed by atoms with E-state index in [4.69, 9.17) is 4.74 Å². The summed E-state index contributed by atoms with van der Waals surface area (Å²) in [6.45, 7) is 12.2. The zero-order valence-corrected chi connectivity index (χ0v) is 13.3. The minimum atomic E-state index is 0.705. The Hall–Kier alpha value is -0.980. The Morgan fingerprint density at radius 3 is 2.05 bits per heavy atom. The Kier molecular flexibility index (Phi) is 6.97. The van der Waals surface area contributed by atoms with Gasteiger partial charge in [0.1, 0.15) is 5.75 Å². The Labute approximate surface area is 119 Å². The van der Waals surface area contributed by atoms with Crippen LogP contribution < -0.4 is 4.74 Å². The van der Waals surface area contributed by atoms with Gasteiger partial charge in [0, 0.05) is 0 Å². The van der Waals surface area contributed by atoms with Crippen molar-refractivity contribution >= 4 is 0 Å². The van der Waals surface area contributed by atoms with Crippen molar-refractivity contribution in [3.8, 4) is 5.75 Å². The lowest BCUT2D eigenvalue weighted by atomic mass is 9.93. The van der Waals surface area contributed by atoms with E-state index in [1.807, 2.05) is 0 Å². The van der Waals surface area contributed by atoms with Gasteiger partial charge in [0.05, 0.1) is 6.61 Å². The highest BCUT2D eigenvalue weighted by Crippen LogP contribution is 2.19. The summed E-state index contributed by atoms with van der Waals surface area (Å²) in [6, 6.07) is 8.64.